The number of thiazole rings is 1. The summed E-state index contributed by atoms with van der Waals surface area (Å²) in [5.74, 6) is 1.22. The molecule has 7 heteroatoms. The molecule has 6 nitrogen and oxygen atoms in total. The third-order valence-electron chi connectivity index (χ3n) is 5.57. The highest BCUT2D eigenvalue weighted by atomic mass is 32.1. The molecule has 1 aromatic heterocycles. The van der Waals surface area contributed by atoms with Crippen LogP contribution in [0.4, 0.5) is 0 Å². The molecule has 0 amide bonds. The molecule has 27 heavy (non-hydrogen) atoms. The zero-order valence-corrected chi connectivity index (χ0v) is 16.1. The van der Waals surface area contributed by atoms with Crippen LogP contribution in [0.15, 0.2) is 35.2 Å². The molecule has 0 unspecified atom stereocenters. The molecular weight excluding hydrogens is 364 g/mol. The van der Waals surface area contributed by atoms with E-state index in [0.717, 1.165) is 38.2 Å². The van der Waals surface area contributed by atoms with E-state index >= 15 is 0 Å². The fourth-order valence-corrected chi connectivity index (χ4v) is 4.83. The van der Waals surface area contributed by atoms with Crippen LogP contribution in [0, 0.1) is 11.8 Å². The van der Waals surface area contributed by atoms with Crippen LogP contribution in [0.1, 0.15) is 28.9 Å². The van der Waals surface area contributed by atoms with Gasteiger partial charge in [0.05, 0.1) is 30.0 Å². The van der Waals surface area contributed by atoms with Crippen LogP contribution < -0.4 is 4.74 Å². The van der Waals surface area contributed by atoms with Crippen molar-refractivity contribution in [3.63, 3.8) is 0 Å². The number of hydrogen-bond acceptors (Lipinski definition) is 7. The van der Waals surface area contributed by atoms with Gasteiger partial charge in [0.25, 0.3) is 0 Å². The number of ether oxygens (including phenoxy) is 2. The van der Waals surface area contributed by atoms with Crippen LogP contribution in [-0.2, 0) is 11.3 Å². The van der Waals surface area contributed by atoms with Crippen molar-refractivity contribution in [1.82, 2.24) is 9.88 Å². The smallest absolute Gasteiger partial charge is 0.337 e. The molecule has 1 aromatic carbocycles. The lowest BCUT2D eigenvalue weighted by Gasteiger charge is -2.35. The highest BCUT2D eigenvalue weighted by Gasteiger charge is 2.42. The van der Waals surface area contributed by atoms with E-state index in [0.29, 0.717) is 23.1 Å². The first-order valence-corrected chi connectivity index (χ1v) is 10.2. The van der Waals surface area contributed by atoms with Gasteiger partial charge < -0.3 is 14.6 Å². The number of aliphatic hydroxyl groups excluding tert-OH is 1. The molecular formula is C20H24N2O4S. The summed E-state index contributed by atoms with van der Waals surface area (Å²) in [4.78, 5) is 18.5. The van der Waals surface area contributed by atoms with Gasteiger partial charge in [-0.15, -0.1) is 11.3 Å². The quantitative estimate of drug-likeness (QED) is 0.794. The minimum atomic E-state index is -0.493. The van der Waals surface area contributed by atoms with E-state index in [1.807, 2.05) is 11.6 Å². The fourth-order valence-electron chi connectivity index (χ4n) is 4.28. The Morgan fingerprint density at radius 1 is 1.33 bits per heavy atom. The van der Waals surface area contributed by atoms with E-state index in [2.05, 4.69) is 15.3 Å². The number of methoxy groups -OCH3 is 1. The van der Waals surface area contributed by atoms with Crippen molar-refractivity contribution in [2.45, 2.75) is 31.6 Å². The molecule has 1 aliphatic heterocycles. The molecule has 1 aliphatic carbocycles. The van der Waals surface area contributed by atoms with Gasteiger partial charge >= 0.3 is 5.97 Å². The SMILES string of the molecule is COC(=O)c1cccc(O[C@@H]2C[C@@H]3CN(Cc4cscn4)C[C@@H]3C[C@H]2O)c1. The second kappa shape index (κ2) is 7.96. The van der Waals surface area contributed by atoms with Gasteiger partial charge in [-0.25, -0.2) is 9.78 Å². The van der Waals surface area contributed by atoms with E-state index in [9.17, 15) is 9.90 Å². The predicted octanol–water partition coefficient (Wildman–Crippen LogP) is 2.58. The summed E-state index contributed by atoms with van der Waals surface area (Å²) in [6, 6.07) is 6.95. The lowest BCUT2D eigenvalue weighted by Crippen LogP contribution is -2.42. The van der Waals surface area contributed by atoms with Gasteiger partial charge in [-0.3, -0.25) is 4.90 Å². The van der Waals surface area contributed by atoms with Crippen molar-refractivity contribution in [3.05, 3.63) is 46.4 Å². The van der Waals surface area contributed by atoms with E-state index in [1.54, 1.807) is 29.5 Å². The number of carbonyl (C=O) groups is 1. The summed E-state index contributed by atoms with van der Waals surface area (Å²) in [6.45, 7) is 2.89. The highest BCUT2D eigenvalue weighted by Crippen LogP contribution is 2.38. The van der Waals surface area contributed by atoms with Crippen molar-refractivity contribution >= 4 is 17.3 Å². The summed E-state index contributed by atoms with van der Waals surface area (Å²) < 4.78 is 10.8. The topological polar surface area (TPSA) is 71.9 Å². The van der Waals surface area contributed by atoms with Crippen LogP contribution >= 0.6 is 11.3 Å². The van der Waals surface area contributed by atoms with Crippen LogP contribution in [0.5, 0.6) is 5.75 Å². The van der Waals surface area contributed by atoms with E-state index in [4.69, 9.17) is 9.47 Å². The second-order valence-corrected chi connectivity index (χ2v) is 8.13. The number of hydrogen-bond donors (Lipinski definition) is 1. The van der Waals surface area contributed by atoms with E-state index in [-0.39, 0.29) is 6.10 Å². The Morgan fingerprint density at radius 3 is 2.89 bits per heavy atom. The Morgan fingerprint density at radius 2 is 2.15 bits per heavy atom. The van der Waals surface area contributed by atoms with E-state index in [1.165, 1.54) is 7.11 Å². The van der Waals surface area contributed by atoms with Gasteiger partial charge in [-0.05, 0) is 42.9 Å². The molecule has 0 spiro atoms. The van der Waals surface area contributed by atoms with Gasteiger partial charge in [-0.1, -0.05) is 6.07 Å². The molecule has 4 atom stereocenters. The van der Waals surface area contributed by atoms with Crippen molar-refractivity contribution in [2.75, 3.05) is 20.2 Å². The normalized spacial score (nSPS) is 27.9. The molecule has 4 rings (SSSR count). The van der Waals surface area contributed by atoms with Gasteiger partial charge in [0.15, 0.2) is 0 Å². The summed E-state index contributed by atoms with van der Waals surface area (Å²) in [7, 11) is 1.36. The van der Waals surface area contributed by atoms with Gasteiger partial charge in [0.2, 0.25) is 0 Å². The number of fused-ring (bicyclic) bond motifs is 1. The number of carbonyl (C=O) groups excluding carboxylic acids is 1. The fraction of sp³-hybridized carbons (Fsp3) is 0.500. The molecule has 0 radical (unpaired) electrons. The lowest BCUT2D eigenvalue weighted by molar-refractivity contribution is -0.0231. The monoisotopic (exact) mass is 388 g/mol. The molecule has 2 fully saturated rings. The average molecular weight is 388 g/mol. The standard InChI is InChI=1S/C20H24N2O4S/c1-25-20(24)13-3-2-4-17(5-13)26-19-7-15-9-22(8-14(15)6-18(19)23)10-16-11-27-12-21-16/h2-5,11-12,14-15,18-19,23H,6-10H2,1H3/t14-,15+,18+,19+/m0/s1. The summed E-state index contributed by atoms with van der Waals surface area (Å²) in [5.41, 5.74) is 3.44. The Bertz CT molecular complexity index is 782. The van der Waals surface area contributed by atoms with Gasteiger partial charge in [0.1, 0.15) is 11.9 Å². The molecule has 1 saturated carbocycles. The zero-order chi connectivity index (χ0) is 18.8. The minimum absolute atomic E-state index is 0.252. The average Bonchev–Trinajstić information content (AvgIpc) is 3.31. The number of benzene rings is 1. The van der Waals surface area contributed by atoms with Crippen LogP contribution in [-0.4, -0.2) is 53.4 Å². The Balaban J connectivity index is 1.39. The first-order valence-electron chi connectivity index (χ1n) is 9.25. The van der Waals surface area contributed by atoms with Gasteiger partial charge in [-0.2, -0.15) is 0 Å². The summed E-state index contributed by atoms with van der Waals surface area (Å²) in [5, 5.41) is 12.7. The predicted molar refractivity (Wildman–Crippen MR) is 102 cm³/mol. The third-order valence-corrected chi connectivity index (χ3v) is 6.21. The maximum absolute atomic E-state index is 11.7. The number of aliphatic hydroxyl groups is 1. The number of aromatic nitrogens is 1. The zero-order valence-electron chi connectivity index (χ0n) is 15.3. The van der Waals surface area contributed by atoms with Crippen LogP contribution in [0.2, 0.25) is 0 Å². The number of rotatable bonds is 5. The maximum Gasteiger partial charge on any atom is 0.337 e. The maximum atomic E-state index is 11.7. The van der Waals surface area contributed by atoms with Gasteiger partial charge in [0, 0.05) is 25.0 Å². The van der Waals surface area contributed by atoms with Crippen molar-refractivity contribution < 1.29 is 19.4 Å². The van der Waals surface area contributed by atoms with Crippen molar-refractivity contribution in [2.24, 2.45) is 11.8 Å². The molecule has 2 aromatic rings. The second-order valence-electron chi connectivity index (χ2n) is 7.41. The van der Waals surface area contributed by atoms with Crippen LogP contribution in [0.25, 0.3) is 0 Å². The van der Waals surface area contributed by atoms with Crippen molar-refractivity contribution in [3.8, 4) is 5.75 Å². The Hall–Kier alpha value is -1.96. The number of likely N-dealkylation sites (tertiary alicyclic amines) is 1. The van der Waals surface area contributed by atoms with Crippen molar-refractivity contribution in [1.29, 1.82) is 0 Å². The van der Waals surface area contributed by atoms with Crippen LogP contribution in [0.3, 0.4) is 0 Å². The summed E-state index contributed by atoms with van der Waals surface area (Å²) in [6.07, 6.45) is 0.826. The number of nitrogens with zero attached hydrogens (tertiary/aromatic N) is 2. The first kappa shape index (κ1) is 18.4. The Kier molecular flexibility index (Phi) is 5.43. The Labute approximate surface area is 162 Å². The molecule has 2 heterocycles. The first-order chi connectivity index (χ1) is 13.1. The molecule has 1 saturated heterocycles. The minimum Gasteiger partial charge on any atom is -0.488 e. The molecule has 0 bridgehead atoms. The largest absolute Gasteiger partial charge is 0.488 e. The lowest BCUT2D eigenvalue weighted by atomic mass is 9.78. The number of esters is 1. The van der Waals surface area contributed by atoms with E-state index < -0.39 is 12.1 Å². The molecule has 1 N–H and O–H groups in total. The highest BCUT2D eigenvalue weighted by molar-refractivity contribution is 7.07. The molecule has 144 valence electrons. The summed E-state index contributed by atoms with van der Waals surface area (Å²) >= 11 is 1.62. The third kappa shape index (κ3) is 4.15. The molecule has 2 aliphatic rings.